The lowest BCUT2D eigenvalue weighted by Gasteiger charge is -2.20. The molecule has 0 N–H and O–H groups in total. The van der Waals surface area contributed by atoms with E-state index in [1.54, 1.807) is 7.11 Å². The van der Waals surface area contributed by atoms with Crippen LogP contribution in [-0.2, 0) is 9.53 Å². The molecule has 0 aliphatic rings. The molecule has 0 aliphatic carbocycles. The zero-order valence-corrected chi connectivity index (χ0v) is 8.19. The predicted octanol–water partition coefficient (Wildman–Crippen LogP) is 1.62. The number of ether oxygens (including phenoxy) is 1. The van der Waals surface area contributed by atoms with Crippen molar-refractivity contribution in [3.8, 4) is 0 Å². The van der Waals surface area contributed by atoms with Crippen molar-refractivity contribution in [2.24, 2.45) is 5.41 Å². The molecule has 10 heavy (non-hydrogen) atoms. The Morgan fingerprint density at radius 3 is 2.40 bits per heavy atom. The largest absolute Gasteiger partial charge is 0.384 e. The van der Waals surface area contributed by atoms with Gasteiger partial charge >= 0.3 is 0 Å². The van der Waals surface area contributed by atoms with Crippen molar-refractivity contribution >= 4 is 21.7 Å². The first-order valence-electron chi connectivity index (χ1n) is 3.13. The van der Waals surface area contributed by atoms with Crippen LogP contribution in [0.2, 0.25) is 0 Å². The molecule has 0 aromatic heterocycles. The van der Waals surface area contributed by atoms with E-state index in [1.165, 1.54) is 0 Å². The molecule has 0 aromatic carbocycles. The average Bonchev–Trinajstić information content (AvgIpc) is 1.86. The number of hydrogen-bond acceptors (Lipinski definition) is 2. The van der Waals surface area contributed by atoms with Gasteiger partial charge < -0.3 is 4.74 Å². The van der Waals surface area contributed by atoms with E-state index >= 15 is 0 Å². The fraction of sp³-hybridized carbons (Fsp3) is 0.857. The Morgan fingerprint density at radius 1 is 1.60 bits per heavy atom. The molecule has 0 amide bonds. The maximum absolute atomic E-state index is 11.1. The second kappa shape index (κ2) is 4.09. The van der Waals surface area contributed by atoms with Crippen LogP contribution in [0.4, 0.5) is 0 Å². The highest BCUT2D eigenvalue weighted by Crippen LogP contribution is 2.17. The van der Waals surface area contributed by atoms with Crippen LogP contribution in [0.1, 0.15) is 13.8 Å². The van der Waals surface area contributed by atoms with Crippen molar-refractivity contribution in [2.45, 2.75) is 13.8 Å². The van der Waals surface area contributed by atoms with E-state index in [9.17, 15) is 4.79 Å². The van der Waals surface area contributed by atoms with Gasteiger partial charge in [0.2, 0.25) is 0 Å². The lowest BCUT2D eigenvalue weighted by molar-refractivity contribution is -0.126. The third-order valence-corrected chi connectivity index (χ3v) is 1.89. The number of hydrogen-bond donors (Lipinski definition) is 0. The molecule has 0 aromatic rings. The number of Topliss-reactive ketones (excluding diaryl/α,β-unsaturated/α-hetero) is 1. The predicted molar refractivity (Wildman–Crippen MR) is 44.5 cm³/mol. The molecule has 0 atom stereocenters. The Labute approximate surface area is 70.1 Å². The van der Waals surface area contributed by atoms with Crippen molar-refractivity contribution in [1.82, 2.24) is 0 Å². The van der Waals surface area contributed by atoms with E-state index in [0.29, 0.717) is 11.9 Å². The molecule has 0 bridgehead atoms. The maximum atomic E-state index is 11.1. The lowest BCUT2D eigenvalue weighted by atomic mass is 9.90. The van der Waals surface area contributed by atoms with Gasteiger partial charge in [-0.25, -0.2) is 0 Å². The van der Waals surface area contributed by atoms with E-state index in [0.717, 1.165) is 0 Å². The first-order valence-corrected chi connectivity index (χ1v) is 4.25. The Kier molecular flexibility index (Phi) is 4.13. The van der Waals surface area contributed by atoms with Gasteiger partial charge in [0.05, 0.1) is 11.9 Å². The van der Waals surface area contributed by atoms with E-state index in [4.69, 9.17) is 4.74 Å². The van der Waals surface area contributed by atoms with Crippen molar-refractivity contribution in [3.05, 3.63) is 0 Å². The average molecular weight is 209 g/mol. The summed E-state index contributed by atoms with van der Waals surface area (Å²) in [5.41, 5.74) is -0.349. The SMILES string of the molecule is COCC(C)(C)C(=O)CBr. The monoisotopic (exact) mass is 208 g/mol. The van der Waals surface area contributed by atoms with Crippen molar-refractivity contribution in [2.75, 3.05) is 19.0 Å². The number of alkyl halides is 1. The molecule has 0 saturated heterocycles. The standard InChI is InChI=1S/C7H13BrO2/c1-7(2,5-10-3)6(9)4-8/h4-5H2,1-3H3. The smallest absolute Gasteiger partial charge is 0.151 e. The fourth-order valence-electron chi connectivity index (χ4n) is 0.622. The van der Waals surface area contributed by atoms with Gasteiger partial charge in [-0.1, -0.05) is 29.8 Å². The minimum Gasteiger partial charge on any atom is -0.384 e. The molecule has 0 fully saturated rings. The highest BCUT2D eigenvalue weighted by molar-refractivity contribution is 9.09. The van der Waals surface area contributed by atoms with Gasteiger partial charge in [0.25, 0.3) is 0 Å². The number of carbonyl (C=O) groups is 1. The Hall–Kier alpha value is 0.110. The second-order valence-electron chi connectivity index (χ2n) is 2.87. The zero-order valence-electron chi connectivity index (χ0n) is 6.61. The van der Waals surface area contributed by atoms with Crippen molar-refractivity contribution in [3.63, 3.8) is 0 Å². The highest BCUT2D eigenvalue weighted by atomic mass is 79.9. The third-order valence-electron chi connectivity index (χ3n) is 1.38. The van der Waals surface area contributed by atoms with Gasteiger partial charge in [-0.05, 0) is 0 Å². The summed E-state index contributed by atoms with van der Waals surface area (Å²) >= 11 is 3.12. The summed E-state index contributed by atoms with van der Waals surface area (Å²) in [6.07, 6.45) is 0. The van der Waals surface area contributed by atoms with E-state index in [-0.39, 0.29) is 11.2 Å². The number of carbonyl (C=O) groups excluding carboxylic acids is 1. The van der Waals surface area contributed by atoms with Crippen molar-refractivity contribution in [1.29, 1.82) is 0 Å². The van der Waals surface area contributed by atoms with E-state index in [2.05, 4.69) is 15.9 Å². The molecule has 0 saturated carbocycles. The van der Waals surface area contributed by atoms with Crippen LogP contribution in [0.3, 0.4) is 0 Å². The fourth-order valence-corrected chi connectivity index (χ4v) is 1.38. The van der Waals surface area contributed by atoms with Crippen LogP contribution in [-0.4, -0.2) is 24.8 Å². The quantitative estimate of drug-likeness (QED) is 0.657. The Morgan fingerprint density at radius 2 is 2.10 bits per heavy atom. The lowest BCUT2D eigenvalue weighted by Crippen LogP contribution is -2.29. The molecular formula is C7H13BrO2. The number of ketones is 1. The summed E-state index contributed by atoms with van der Waals surface area (Å²) in [7, 11) is 1.60. The number of halogens is 1. The summed E-state index contributed by atoms with van der Waals surface area (Å²) in [5, 5.41) is 0.406. The minimum atomic E-state index is -0.349. The molecule has 0 heterocycles. The highest BCUT2D eigenvalue weighted by Gasteiger charge is 2.25. The first-order chi connectivity index (χ1) is 4.54. The molecule has 0 radical (unpaired) electrons. The van der Waals surface area contributed by atoms with Gasteiger partial charge in [0.15, 0.2) is 5.78 Å². The Bertz CT molecular complexity index is 121. The van der Waals surface area contributed by atoms with Crippen molar-refractivity contribution < 1.29 is 9.53 Å². The molecule has 0 rings (SSSR count). The molecule has 3 heteroatoms. The summed E-state index contributed by atoms with van der Waals surface area (Å²) in [6.45, 7) is 4.23. The zero-order chi connectivity index (χ0) is 8.20. The first kappa shape index (κ1) is 10.1. The summed E-state index contributed by atoms with van der Waals surface area (Å²) in [5.74, 6) is 0.175. The van der Waals surface area contributed by atoms with Gasteiger partial charge in [0, 0.05) is 12.5 Å². The van der Waals surface area contributed by atoms with E-state index in [1.807, 2.05) is 13.8 Å². The molecular weight excluding hydrogens is 196 g/mol. The molecule has 0 unspecified atom stereocenters. The third kappa shape index (κ3) is 2.80. The number of methoxy groups -OCH3 is 1. The minimum absolute atomic E-state index is 0.175. The molecule has 0 spiro atoms. The van der Waals surface area contributed by atoms with E-state index < -0.39 is 0 Å². The molecule has 2 nitrogen and oxygen atoms in total. The number of rotatable bonds is 4. The maximum Gasteiger partial charge on any atom is 0.151 e. The molecule has 0 aliphatic heterocycles. The summed E-state index contributed by atoms with van der Waals surface area (Å²) in [6, 6.07) is 0. The van der Waals surface area contributed by atoms with Crippen LogP contribution in [0.25, 0.3) is 0 Å². The summed E-state index contributed by atoms with van der Waals surface area (Å²) < 4.78 is 4.89. The van der Waals surface area contributed by atoms with Gasteiger partial charge in [-0.2, -0.15) is 0 Å². The second-order valence-corrected chi connectivity index (χ2v) is 3.43. The molecule has 60 valence electrons. The van der Waals surface area contributed by atoms with Crippen LogP contribution < -0.4 is 0 Å². The summed E-state index contributed by atoms with van der Waals surface area (Å²) in [4.78, 5) is 11.1. The van der Waals surface area contributed by atoms with Crippen LogP contribution in [0.15, 0.2) is 0 Å². The van der Waals surface area contributed by atoms with Gasteiger partial charge in [-0.3, -0.25) is 4.79 Å². The topological polar surface area (TPSA) is 26.3 Å². The van der Waals surface area contributed by atoms with Crippen LogP contribution in [0.5, 0.6) is 0 Å². The van der Waals surface area contributed by atoms with Gasteiger partial charge in [-0.15, -0.1) is 0 Å². The normalized spacial score (nSPS) is 11.6. The van der Waals surface area contributed by atoms with Gasteiger partial charge in [0.1, 0.15) is 0 Å². The Balaban J connectivity index is 3.96. The van der Waals surface area contributed by atoms with Crippen LogP contribution >= 0.6 is 15.9 Å². The van der Waals surface area contributed by atoms with Crippen LogP contribution in [0, 0.1) is 5.41 Å².